The summed E-state index contributed by atoms with van der Waals surface area (Å²) in [6.07, 6.45) is 1.61. The van der Waals surface area contributed by atoms with Crippen LogP contribution < -0.4 is 11.1 Å². The summed E-state index contributed by atoms with van der Waals surface area (Å²) in [5, 5.41) is 11.8. The molecule has 1 heterocycles. The van der Waals surface area contributed by atoms with Crippen LogP contribution >= 0.6 is 0 Å². The van der Waals surface area contributed by atoms with Crippen LogP contribution in [-0.2, 0) is 11.2 Å². The van der Waals surface area contributed by atoms with Gasteiger partial charge in [0.1, 0.15) is 17.5 Å². The number of nitrogen functional groups attached to an aromatic ring is 1. The highest BCUT2D eigenvalue weighted by Crippen LogP contribution is 2.17. The first-order valence-corrected chi connectivity index (χ1v) is 6.24. The predicted octanol–water partition coefficient (Wildman–Crippen LogP) is 0.741. The van der Waals surface area contributed by atoms with Crippen molar-refractivity contribution in [1.29, 1.82) is 0 Å². The molecule has 0 fully saturated rings. The van der Waals surface area contributed by atoms with Crippen LogP contribution in [0.4, 0.5) is 11.6 Å². The highest BCUT2D eigenvalue weighted by Gasteiger charge is 2.06. The second-order valence-corrected chi connectivity index (χ2v) is 3.97. The van der Waals surface area contributed by atoms with Crippen LogP contribution in [-0.4, -0.2) is 41.4 Å². The third-order valence-electron chi connectivity index (χ3n) is 2.54. The van der Waals surface area contributed by atoms with E-state index in [1.165, 1.54) is 0 Å². The van der Waals surface area contributed by atoms with Crippen LogP contribution in [0.15, 0.2) is 0 Å². The van der Waals surface area contributed by atoms with Gasteiger partial charge < -0.3 is 20.9 Å². The molecule has 4 N–H and O–H groups in total. The number of hydrogen-bond donors (Lipinski definition) is 3. The van der Waals surface area contributed by atoms with Gasteiger partial charge in [0.15, 0.2) is 0 Å². The lowest BCUT2D eigenvalue weighted by atomic mass is 10.3. The number of anilines is 2. The fourth-order valence-corrected chi connectivity index (χ4v) is 1.46. The van der Waals surface area contributed by atoms with E-state index in [2.05, 4.69) is 15.3 Å². The molecule has 0 radical (unpaired) electrons. The Morgan fingerprint density at radius 2 is 2.11 bits per heavy atom. The van der Waals surface area contributed by atoms with Crippen molar-refractivity contribution in [2.45, 2.75) is 26.7 Å². The van der Waals surface area contributed by atoms with E-state index in [-0.39, 0.29) is 6.61 Å². The average Bonchev–Trinajstić information content (AvgIpc) is 2.38. The molecule has 0 unspecified atom stereocenters. The molecule has 0 aliphatic heterocycles. The monoisotopic (exact) mass is 254 g/mol. The molecule has 6 heteroatoms. The molecule has 0 aromatic carbocycles. The lowest BCUT2D eigenvalue weighted by Crippen LogP contribution is -2.12. The van der Waals surface area contributed by atoms with Crippen molar-refractivity contribution in [3.05, 3.63) is 11.4 Å². The number of aliphatic hydroxyl groups excluding tert-OH is 1. The lowest BCUT2D eigenvalue weighted by Gasteiger charge is -2.11. The van der Waals surface area contributed by atoms with Gasteiger partial charge in [0.05, 0.1) is 13.2 Å². The predicted molar refractivity (Wildman–Crippen MR) is 71.6 cm³/mol. The first kappa shape index (κ1) is 14.7. The summed E-state index contributed by atoms with van der Waals surface area (Å²) in [4.78, 5) is 8.60. The standard InChI is InChI=1S/C12H22N4O2/c1-3-10-15-11(13)9(2)12(16-10)14-5-4-7-18-8-6-17/h17H,3-8H2,1-2H3,(H3,13,14,15,16). The molecule has 6 nitrogen and oxygen atoms in total. The van der Waals surface area contributed by atoms with Gasteiger partial charge in [0.25, 0.3) is 0 Å². The average molecular weight is 254 g/mol. The van der Waals surface area contributed by atoms with Gasteiger partial charge in [-0.05, 0) is 13.3 Å². The summed E-state index contributed by atoms with van der Waals surface area (Å²) in [5.41, 5.74) is 6.70. The zero-order chi connectivity index (χ0) is 13.4. The molecule has 0 aliphatic carbocycles. The Morgan fingerprint density at radius 1 is 1.33 bits per heavy atom. The minimum absolute atomic E-state index is 0.0643. The van der Waals surface area contributed by atoms with Gasteiger partial charge in [-0.2, -0.15) is 0 Å². The minimum Gasteiger partial charge on any atom is -0.394 e. The number of nitrogens with zero attached hydrogens (tertiary/aromatic N) is 2. The summed E-state index contributed by atoms with van der Waals surface area (Å²) >= 11 is 0. The molecule has 1 aromatic rings. The third kappa shape index (κ3) is 4.46. The Bertz CT molecular complexity index is 371. The molecule has 0 spiro atoms. The van der Waals surface area contributed by atoms with Crippen LogP contribution in [0.3, 0.4) is 0 Å². The maximum Gasteiger partial charge on any atom is 0.134 e. The number of aryl methyl sites for hydroxylation is 1. The molecule has 0 bridgehead atoms. The number of nitrogens with two attached hydrogens (primary N) is 1. The van der Waals surface area contributed by atoms with E-state index < -0.39 is 0 Å². The molecule has 0 atom stereocenters. The highest BCUT2D eigenvalue weighted by molar-refractivity contribution is 5.54. The SMILES string of the molecule is CCc1nc(N)c(C)c(NCCCOCCO)n1. The molecule has 1 aromatic heterocycles. The molecular weight excluding hydrogens is 232 g/mol. The number of ether oxygens (including phenoxy) is 1. The van der Waals surface area contributed by atoms with Crippen molar-refractivity contribution in [3.8, 4) is 0 Å². The van der Waals surface area contributed by atoms with Crippen molar-refractivity contribution in [2.24, 2.45) is 0 Å². The summed E-state index contributed by atoms with van der Waals surface area (Å²) < 4.78 is 5.17. The van der Waals surface area contributed by atoms with Gasteiger partial charge in [-0.15, -0.1) is 0 Å². The van der Waals surface area contributed by atoms with E-state index in [9.17, 15) is 0 Å². The number of rotatable bonds is 8. The molecule has 1 rings (SSSR count). The van der Waals surface area contributed by atoms with Gasteiger partial charge in [0.2, 0.25) is 0 Å². The fraction of sp³-hybridized carbons (Fsp3) is 0.667. The summed E-state index contributed by atoms with van der Waals surface area (Å²) in [6, 6.07) is 0. The van der Waals surface area contributed by atoms with Gasteiger partial charge in [-0.25, -0.2) is 9.97 Å². The van der Waals surface area contributed by atoms with Crippen LogP contribution in [0.2, 0.25) is 0 Å². The Kier molecular flexibility index (Phi) is 6.38. The summed E-state index contributed by atoms with van der Waals surface area (Å²) in [5.74, 6) is 2.07. The van der Waals surface area contributed by atoms with E-state index in [0.717, 1.165) is 36.6 Å². The van der Waals surface area contributed by atoms with Crippen LogP contribution in [0.1, 0.15) is 24.7 Å². The molecule has 0 aliphatic rings. The van der Waals surface area contributed by atoms with Crippen molar-refractivity contribution < 1.29 is 9.84 Å². The first-order valence-electron chi connectivity index (χ1n) is 6.24. The van der Waals surface area contributed by atoms with E-state index in [1.54, 1.807) is 0 Å². The van der Waals surface area contributed by atoms with Crippen molar-refractivity contribution in [3.63, 3.8) is 0 Å². The smallest absolute Gasteiger partial charge is 0.134 e. The van der Waals surface area contributed by atoms with Gasteiger partial charge in [-0.3, -0.25) is 0 Å². The van der Waals surface area contributed by atoms with E-state index in [0.29, 0.717) is 19.0 Å². The summed E-state index contributed by atoms with van der Waals surface area (Å²) in [6.45, 7) is 5.73. The highest BCUT2D eigenvalue weighted by atomic mass is 16.5. The molecule has 0 saturated heterocycles. The van der Waals surface area contributed by atoms with Gasteiger partial charge in [0, 0.05) is 25.1 Å². The quantitative estimate of drug-likeness (QED) is 0.592. The van der Waals surface area contributed by atoms with E-state index in [1.807, 2.05) is 13.8 Å². The fourth-order valence-electron chi connectivity index (χ4n) is 1.46. The Balaban J connectivity index is 2.44. The first-order chi connectivity index (χ1) is 8.69. The van der Waals surface area contributed by atoms with Crippen LogP contribution in [0.5, 0.6) is 0 Å². The van der Waals surface area contributed by atoms with E-state index in [4.69, 9.17) is 15.6 Å². The lowest BCUT2D eigenvalue weighted by molar-refractivity contribution is 0.0922. The topological polar surface area (TPSA) is 93.3 Å². The number of hydrogen-bond acceptors (Lipinski definition) is 6. The number of aromatic nitrogens is 2. The number of nitrogens with one attached hydrogen (secondary N) is 1. The molecule has 0 amide bonds. The Hall–Kier alpha value is -1.40. The molecular formula is C12H22N4O2. The second kappa shape index (κ2) is 7.84. The van der Waals surface area contributed by atoms with Crippen LogP contribution in [0, 0.1) is 6.92 Å². The zero-order valence-corrected chi connectivity index (χ0v) is 11.1. The van der Waals surface area contributed by atoms with Gasteiger partial charge >= 0.3 is 0 Å². The maximum absolute atomic E-state index is 8.55. The Morgan fingerprint density at radius 3 is 2.78 bits per heavy atom. The summed E-state index contributed by atoms with van der Waals surface area (Å²) in [7, 11) is 0. The third-order valence-corrected chi connectivity index (χ3v) is 2.54. The van der Waals surface area contributed by atoms with Crippen molar-refractivity contribution in [2.75, 3.05) is 37.4 Å². The van der Waals surface area contributed by atoms with Gasteiger partial charge in [-0.1, -0.05) is 6.92 Å². The second-order valence-electron chi connectivity index (χ2n) is 3.97. The Labute approximate surface area is 108 Å². The van der Waals surface area contributed by atoms with Crippen molar-refractivity contribution in [1.82, 2.24) is 9.97 Å². The normalized spacial score (nSPS) is 10.6. The largest absolute Gasteiger partial charge is 0.394 e. The number of aliphatic hydroxyl groups is 1. The molecule has 0 saturated carbocycles. The van der Waals surface area contributed by atoms with Crippen LogP contribution in [0.25, 0.3) is 0 Å². The minimum atomic E-state index is 0.0643. The van der Waals surface area contributed by atoms with E-state index >= 15 is 0 Å². The zero-order valence-electron chi connectivity index (χ0n) is 11.1. The molecule has 18 heavy (non-hydrogen) atoms. The molecule has 102 valence electrons. The van der Waals surface area contributed by atoms with Crippen molar-refractivity contribution >= 4 is 11.6 Å². The maximum atomic E-state index is 8.55.